The van der Waals surface area contributed by atoms with Gasteiger partial charge in [-0.15, -0.1) is 0 Å². The van der Waals surface area contributed by atoms with Gasteiger partial charge in [0.1, 0.15) is 5.75 Å². The van der Waals surface area contributed by atoms with Crippen molar-refractivity contribution in [1.29, 1.82) is 0 Å². The Bertz CT molecular complexity index is 869. The largest absolute Gasteiger partial charge is 0.497 e. The molecule has 1 aromatic heterocycles. The molecule has 0 N–H and O–H groups in total. The fourth-order valence-corrected chi connectivity index (χ4v) is 4.39. The summed E-state index contributed by atoms with van der Waals surface area (Å²) in [6, 6.07) is 7.94. The summed E-state index contributed by atoms with van der Waals surface area (Å²) in [6.07, 6.45) is 3.32. The van der Waals surface area contributed by atoms with Crippen LogP contribution in [-0.2, 0) is 11.0 Å². The highest BCUT2D eigenvalue weighted by Gasteiger charge is 2.37. The maximum atomic E-state index is 12.6. The number of carbonyl (C=O) groups is 1. The number of Topliss-reactive ketones (excluding diaryl/α,β-unsaturated/α-hetero) is 1. The Hall–Kier alpha value is -2.12. The molecular formula is C23H35N3O3Si. The zero-order valence-electron chi connectivity index (χ0n) is 19.2. The Kier molecular flexibility index (Phi) is 6.72. The number of hydrogen-bond donors (Lipinski definition) is 0. The maximum Gasteiger partial charge on any atom is 0.192 e. The molecule has 7 heteroatoms. The Labute approximate surface area is 181 Å². The monoisotopic (exact) mass is 429 g/mol. The van der Waals surface area contributed by atoms with Gasteiger partial charge >= 0.3 is 0 Å². The molecule has 0 unspecified atom stereocenters. The van der Waals surface area contributed by atoms with E-state index in [1.165, 1.54) is 0 Å². The summed E-state index contributed by atoms with van der Waals surface area (Å²) in [5.74, 6) is 1.81. The lowest BCUT2D eigenvalue weighted by Crippen LogP contribution is -2.43. The molecular weight excluding hydrogens is 394 g/mol. The van der Waals surface area contributed by atoms with E-state index in [2.05, 4.69) is 38.8 Å². The smallest absolute Gasteiger partial charge is 0.192 e. The van der Waals surface area contributed by atoms with Gasteiger partial charge in [-0.1, -0.05) is 32.9 Å². The molecule has 2 aromatic rings. The highest BCUT2D eigenvalue weighted by atomic mass is 28.4. The summed E-state index contributed by atoms with van der Waals surface area (Å²) in [4.78, 5) is 14.9. The van der Waals surface area contributed by atoms with Crippen molar-refractivity contribution < 1.29 is 14.0 Å². The fraction of sp³-hybridized carbons (Fsp3) is 0.565. The van der Waals surface area contributed by atoms with Gasteiger partial charge in [-0.3, -0.25) is 9.48 Å². The first-order chi connectivity index (χ1) is 14.1. The van der Waals surface area contributed by atoms with E-state index in [0.717, 1.165) is 42.2 Å². The van der Waals surface area contributed by atoms with E-state index >= 15 is 0 Å². The minimum absolute atomic E-state index is 0.179. The number of carbonyl (C=O) groups excluding carboxylic acids is 1. The molecule has 0 fully saturated rings. The van der Waals surface area contributed by atoms with Gasteiger partial charge in [-0.25, -0.2) is 0 Å². The quantitative estimate of drug-likeness (QED) is 0.595. The standard InChI is InChI=1S/C23H35N3O3Si/c1-23(2,3)30(5,6)29-15-14-25-13-7-8-21(27)20-17-26(24-22(20)25)16-18-9-11-19(28-4)12-10-18/h9-12,17H,7-8,13-16H2,1-6H3. The topological polar surface area (TPSA) is 56.6 Å². The number of rotatable bonds is 7. The van der Waals surface area contributed by atoms with Crippen LogP contribution in [0.2, 0.25) is 18.1 Å². The number of methoxy groups -OCH3 is 1. The number of anilines is 1. The van der Waals surface area contributed by atoms with Crippen LogP contribution in [0.15, 0.2) is 30.5 Å². The van der Waals surface area contributed by atoms with Crippen molar-refractivity contribution in [1.82, 2.24) is 9.78 Å². The zero-order valence-corrected chi connectivity index (χ0v) is 20.2. The molecule has 3 rings (SSSR count). The Morgan fingerprint density at radius 3 is 2.50 bits per heavy atom. The molecule has 6 nitrogen and oxygen atoms in total. The van der Waals surface area contributed by atoms with Crippen molar-refractivity contribution in [3.8, 4) is 5.75 Å². The van der Waals surface area contributed by atoms with Crippen molar-refractivity contribution in [2.45, 2.75) is 58.3 Å². The normalized spacial score (nSPS) is 15.1. The Balaban J connectivity index is 1.73. The summed E-state index contributed by atoms with van der Waals surface area (Å²) in [5.41, 5.74) is 1.85. The first-order valence-corrected chi connectivity index (χ1v) is 13.6. The molecule has 1 aliphatic rings. The average molecular weight is 430 g/mol. The molecule has 30 heavy (non-hydrogen) atoms. The Morgan fingerprint density at radius 2 is 1.87 bits per heavy atom. The molecule has 0 saturated carbocycles. The predicted octanol–water partition coefficient (Wildman–Crippen LogP) is 4.74. The van der Waals surface area contributed by atoms with Gasteiger partial charge in [-0.05, 0) is 42.2 Å². The first-order valence-electron chi connectivity index (χ1n) is 10.7. The molecule has 164 valence electrons. The second-order valence-corrected chi connectivity index (χ2v) is 14.3. The van der Waals surface area contributed by atoms with Crippen LogP contribution in [0.1, 0.15) is 49.5 Å². The van der Waals surface area contributed by atoms with Gasteiger partial charge in [0, 0.05) is 25.7 Å². The minimum atomic E-state index is -1.79. The second-order valence-electron chi connectivity index (χ2n) is 9.53. The SMILES string of the molecule is COc1ccc(Cn2cc3c(n2)N(CCO[Si](C)(C)C(C)(C)C)CCCC3=O)cc1. The fourth-order valence-electron chi connectivity index (χ4n) is 3.36. The maximum absolute atomic E-state index is 12.6. The number of nitrogens with zero attached hydrogens (tertiary/aromatic N) is 3. The van der Waals surface area contributed by atoms with Crippen molar-refractivity contribution in [2.75, 3.05) is 31.7 Å². The first kappa shape index (κ1) is 22.6. The van der Waals surface area contributed by atoms with E-state index in [4.69, 9.17) is 14.3 Å². The van der Waals surface area contributed by atoms with E-state index in [1.807, 2.05) is 35.1 Å². The molecule has 0 bridgehead atoms. The number of fused-ring (bicyclic) bond motifs is 1. The predicted molar refractivity (Wildman–Crippen MR) is 123 cm³/mol. The van der Waals surface area contributed by atoms with Crippen LogP contribution >= 0.6 is 0 Å². The third-order valence-corrected chi connectivity index (χ3v) is 10.8. The number of hydrogen-bond acceptors (Lipinski definition) is 5. The molecule has 0 spiro atoms. The number of benzene rings is 1. The van der Waals surface area contributed by atoms with Crippen LogP contribution in [0.25, 0.3) is 0 Å². The van der Waals surface area contributed by atoms with Crippen LogP contribution in [0, 0.1) is 0 Å². The summed E-state index contributed by atoms with van der Waals surface area (Å²) >= 11 is 0. The number of aromatic nitrogens is 2. The van der Waals surface area contributed by atoms with Crippen LogP contribution in [0.3, 0.4) is 0 Å². The molecule has 0 saturated heterocycles. The molecule has 1 aromatic carbocycles. The van der Waals surface area contributed by atoms with E-state index in [9.17, 15) is 4.79 Å². The molecule has 0 atom stereocenters. The van der Waals surface area contributed by atoms with Crippen molar-refractivity contribution in [2.24, 2.45) is 0 Å². The zero-order chi connectivity index (χ0) is 21.9. The van der Waals surface area contributed by atoms with Crippen LogP contribution in [-0.4, -0.2) is 50.7 Å². The van der Waals surface area contributed by atoms with Crippen LogP contribution in [0.4, 0.5) is 5.82 Å². The third-order valence-electron chi connectivity index (χ3n) is 6.31. The minimum Gasteiger partial charge on any atom is -0.497 e. The molecule has 0 radical (unpaired) electrons. The van der Waals surface area contributed by atoms with Crippen molar-refractivity contribution in [3.05, 3.63) is 41.6 Å². The van der Waals surface area contributed by atoms with E-state index in [-0.39, 0.29) is 10.8 Å². The van der Waals surface area contributed by atoms with Gasteiger partial charge in [-0.2, -0.15) is 5.10 Å². The lowest BCUT2D eigenvalue weighted by Gasteiger charge is -2.36. The highest BCUT2D eigenvalue weighted by molar-refractivity contribution is 6.74. The number of ether oxygens (including phenoxy) is 1. The lowest BCUT2D eigenvalue weighted by atomic mass is 10.1. The summed E-state index contributed by atoms with van der Waals surface area (Å²) in [5, 5.41) is 4.98. The van der Waals surface area contributed by atoms with E-state index in [1.54, 1.807) is 7.11 Å². The Morgan fingerprint density at radius 1 is 1.17 bits per heavy atom. The molecule has 1 aliphatic heterocycles. The van der Waals surface area contributed by atoms with E-state index < -0.39 is 8.32 Å². The molecule has 0 aliphatic carbocycles. The van der Waals surface area contributed by atoms with Gasteiger partial charge in [0.25, 0.3) is 0 Å². The average Bonchev–Trinajstić information content (AvgIpc) is 3.04. The van der Waals surface area contributed by atoms with Gasteiger partial charge in [0.2, 0.25) is 0 Å². The van der Waals surface area contributed by atoms with E-state index in [0.29, 0.717) is 19.6 Å². The van der Waals surface area contributed by atoms with Gasteiger partial charge in [0.05, 0.1) is 25.8 Å². The summed E-state index contributed by atoms with van der Waals surface area (Å²) in [7, 11) is -0.129. The van der Waals surface area contributed by atoms with Gasteiger partial charge < -0.3 is 14.1 Å². The van der Waals surface area contributed by atoms with Crippen molar-refractivity contribution >= 4 is 19.9 Å². The molecule has 2 heterocycles. The van der Waals surface area contributed by atoms with Crippen LogP contribution in [0.5, 0.6) is 5.75 Å². The second kappa shape index (κ2) is 8.94. The number of ketones is 1. The third kappa shape index (κ3) is 5.13. The summed E-state index contributed by atoms with van der Waals surface area (Å²) in [6.45, 7) is 14.2. The van der Waals surface area contributed by atoms with Gasteiger partial charge in [0.15, 0.2) is 19.9 Å². The molecule has 0 amide bonds. The lowest BCUT2D eigenvalue weighted by molar-refractivity contribution is 0.0983. The van der Waals surface area contributed by atoms with Crippen molar-refractivity contribution in [3.63, 3.8) is 0 Å². The van der Waals surface area contributed by atoms with Crippen LogP contribution < -0.4 is 9.64 Å². The summed E-state index contributed by atoms with van der Waals surface area (Å²) < 4.78 is 13.5. The highest BCUT2D eigenvalue weighted by Crippen LogP contribution is 2.36.